The maximum Gasteiger partial charge on any atom is 0.134 e. The first kappa shape index (κ1) is 10.3. The first-order valence-corrected chi connectivity index (χ1v) is 5.33. The lowest BCUT2D eigenvalue weighted by atomic mass is 10.0. The van der Waals surface area contributed by atoms with Crippen molar-refractivity contribution >= 4 is 23.2 Å². The van der Waals surface area contributed by atoms with E-state index in [1.165, 1.54) is 0 Å². The summed E-state index contributed by atoms with van der Waals surface area (Å²) in [4.78, 5) is 0. The predicted molar refractivity (Wildman–Crippen MR) is 58.8 cm³/mol. The van der Waals surface area contributed by atoms with Gasteiger partial charge in [0.25, 0.3) is 0 Å². The smallest absolute Gasteiger partial charge is 0.134 e. The summed E-state index contributed by atoms with van der Waals surface area (Å²) >= 11 is 12.3. The Bertz CT molecular complexity index is 336. The number of aliphatic hydroxyl groups is 1. The zero-order chi connectivity index (χ0) is 10.4. The summed E-state index contributed by atoms with van der Waals surface area (Å²) in [7, 11) is 0. The van der Waals surface area contributed by atoms with Crippen LogP contribution < -0.4 is 0 Å². The molecule has 1 N–H and O–H groups in total. The van der Waals surface area contributed by atoms with Crippen LogP contribution in [0.5, 0.6) is 0 Å². The van der Waals surface area contributed by atoms with Gasteiger partial charge in [0, 0.05) is 11.3 Å². The maximum atomic E-state index is 9.26. The Hall–Kier alpha value is -0.240. The normalized spacial score (nSPS) is 34.1. The van der Waals surface area contributed by atoms with Crippen molar-refractivity contribution in [2.45, 2.75) is 17.2 Å². The molecule has 0 spiro atoms. The van der Waals surface area contributed by atoms with E-state index in [0.717, 1.165) is 5.56 Å². The number of hydrogen-bond acceptors (Lipinski definition) is 1. The number of rotatable bonds is 2. The molecule has 0 bridgehead atoms. The largest absolute Gasteiger partial charge is 0.396 e. The van der Waals surface area contributed by atoms with Crippen molar-refractivity contribution in [2.75, 3.05) is 6.61 Å². The van der Waals surface area contributed by atoms with E-state index in [1.54, 1.807) is 0 Å². The van der Waals surface area contributed by atoms with E-state index in [2.05, 4.69) is 0 Å². The number of hydrogen-bond donors (Lipinski definition) is 1. The molecule has 3 heteroatoms. The van der Waals surface area contributed by atoms with Crippen LogP contribution in [0.3, 0.4) is 0 Å². The molecule has 14 heavy (non-hydrogen) atoms. The summed E-state index contributed by atoms with van der Waals surface area (Å²) in [6.07, 6.45) is 0. The van der Waals surface area contributed by atoms with Crippen LogP contribution in [0.15, 0.2) is 30.3 Å². The number of benzene rings is 1. The second kappa shape index (κ2) is 3.13. The molecule has 0 aliphatic heterocycles. The van der Waals surface area contributed by atoms with Gasteiger partial charge in [0.15, 0.2) is 0 Å². The SMILES string of the molecule is C[C@@]1(CO)[C@@H](c2ccccc2)C1(Cl)Cl. The summed E-state index contributed by atoms with van der Waals surface area (Å²) in [6.45, 7) is 1.92. The molecular formula is C11H12Cl2O. The van der Waals surface area contributed by atoms with Crippen LogP contribution in [0.25, 0.3) is 0 Å². The number of aliphatic hydroxyl groups excluding tert-OH is 1. The van der Waals surface area contributed by atoms with Crippen molar-refractivity contribution in [1.29, 1.82) is 0 Å². The van der Waals surface area contributed by atoms with Crippen LogP contribution in [0.1, 0.15) is 18.4 Å². The molecule has 1 aromatic carbocycles. The molecule has 2 rings (SSSR count). The average Bonchev–Trinajstić information content (AvgIpc) is 2.63. The van der Waals surface area contributed by atoms with Crippen LogP contribution in [0.2, 0.25) is 0 Å². The van der Waals surface area contributed by atoms with Crippen molar-refractivity contribution in [2.24, 2.45) is 5.41 Å². The van der Waals surface area contributed by atoms with Gasteiger partial charge in [0.05, 0.1) is 6.61 Å². The van der Waals surface area contributed by atoms with Gasteiger partial charge in [-0.3, -0.25) is 0 Å². The molecule has 76 valence electrons. The molecule has 0 aromatic heterocycles. The fourth-order valence-corrected chi connectivity index (χ4v) is 2.97. The summed E-state index contributed by atoms with van der Waals surface area (Å²) in [5, 5.41) is 9.26. The van der Waals surface area contributed by atoms with Gasteiger partial charge in [-0.1, -0.05) is 37.3 Å². The topological polar surface area (TPSA) is 20.2 Å². The lowest BCUT2D eigenvalue weighted by Crippen LogP contribution is -2.09. The second-order valence-electron chi connectivity index (χ2n) is 4.04. The summed E-state index contributed by atoms with van der Waals surface area (Å²) < 4.78 is -0.830. The van der Waals surface area contributed by atoms with E-state index in [9.17, 15) is 5.11 Å². The van der Waals surface area contributed by atoms with E-state index in [1.807, 2.05) is 37.3 Å². The van der Waals surface area contributed by atoms with Gasteiger partial charge >= 0.3 is 0 Å². The quantitative estimate of drug-likeness (QED) is 0.776. The molecule has 1 saturated carbocycles. The highest BCUT2D eigenvalue weighted by Gasteiger charge is 2.73. The number of halogens is 2. The molecular weight excluding hydrogens is 219 g/mol. The monoisotopic (exact) mass is 230 g/mol. The third kappa shape index (κ3) is 1.19. The first-order chi connectivity index (χ1) is 6.54. The van der Waals surface area contributed by atoms with Crippen LogP contribution in [0, 0.1) is 5.41 Å². The molecule has 0 radical (unpaired) electrons. The van der Waals surface area contributed by atoms with Crippen molar-refractivity contribution in [3.63, 3.8) is 0 Å². The van der Waals surface area contributed by atoms with Crippen LogP contribution >= 0.6 is 23.2 Å². The Labute approximate surface area is 93.7 Å². The molecule has 0 heterocycles. The molecule has 1 aliphatic carbocycles. The maximum absolute atomic E-state index is 9.26. The van der Waals surface area contributed by atoms with Crippen LogP contribution in [-0.2, 0) is 0 Å². The molecule has 0 unspecified atom stereocenters. The van der Waals surface area contributed by atoms with Gasteiger partial charge in [0.2, 0.25) is 0 Å². The highest BCUT2D eigenvalue weighted by molar-refractivity contribution is 6.52. The average molecular weight is 231 g/mol. The van der Waals surface area contributed by atoms with E-state index in [4.69, 9.17) is 23.2 Å². The van der Waals surface area contributed by atoms with Crippen LogP contribution in [-0.4, -0.2) is 16.0 Å². The van der Waals surface area contributed by atoms with E-state index >= 15 is 0 Å². The van der Waals surface area contributed by atoms with Gasteiger partial charge in [0.1, 0.15) is 4.33 Å². The minimum absolute atomic E-state index is 0.0135. The van der Waals surface area contributed by atoms with Gasteiger partial charge < -0.3 is 5.11 Å². The third-order valence-corrected chi connectivity index (χ3v) is 4.44. The lowest BCUT2D eigenvalue weighted by molar-refractivity contribution is 0.218. The summed E-state index contributed by atoms with van der Waals surface area (Å²) in [5.41, 5.74) is 0.686. The number of alkyl halides is 2. The van der Waals surface area contributed by atoms with Crippen molar-refractivity contribution < 1.29 is 5.11 Å². The minimum atomic E-state index is -0.830. The third-order valence-electron chi connectivity index (χ3n) is 3.14. The molecule has 1 aromatic rings. The zero-order valence-electron chi connectivity index (χ0n) is 7.87. The molecule has 1 nitrogen and oxygen atoms in total. The molecule has 2 atom stereocenters. The van der Waals surface area contributed by atoms with E-state index in [-0.39, 0.29) is 12.5 Å². The van der Waals surface area contributed by atoms with Gasteiger partial charge in [-0.2, -0.15) is 0 Å². The summed E-state index contributed by atoms with van der Waals surface area (Å²) in [6, 6.07) is 9.84. The van der Waals surface area contributed by atoms with Crippen molar-refractivity contribution in [3.05, 3.63) is 35.9 Å². The Morgan fingerprint density at radius 1 is 1.29 bits per heavy atom. The van der Waals surface area contributed by atoms with Crippen molar-refractivity contribution in [1.82, 2.24) is 0 Å². The highest BCUT2D eigenvalue weighted by Crippen LogP contribution is 2.73. The van der Waals surface area contributed by atoms with Crippen LogP contribution in [0.4, 0.5) is 0 Å². The van der Waals surface area contributed by atoms with E-state index < -0.39 is 9.75 Å². The predicted octanol–water partition coefficient (Wildman–Crippen LogP) is 2.96. The van der Waals surface area contributed by atoms with Gasteiger partial charge in [-0.15, -0.1) is 23.2 Å². The molecule has 0 amide bonds. The zero-order valence-corrected chi connectivity index (χ0v) is 9.39. The van der Waals surface area contributed by atoms with Crippen molar-refractivity contribution in [3.8, 4) is 0 Å². The Morgan fingerprint density at radius 2 is 1.86 bits per heavy atom. The molecule has 1 aliphatic rings. The van der Waals surface area contributed by atoms with Gasteiger partial charge in [-0.05, 0) is 5.56 Å². The minimum Gasteiger partial charge on any atom is -0.396 e. The Kier molecular flexibility index (Phi) is 2.30. The standard InChI is InChI=1S/C11H12Cl2O/c1-10(7-14)9(11(10,12)13)8-5-3-2-4-6-8/h2-6,9,14H,7H2,1H3/t9-,10-/m1/s1. The fraction of sp³-hybridized carbons (Fsp3) is 0.455. The highest BCUT2D eigenvalue weighted by atomic mass is 35.5. The first-order valence-electron chi connectivity index (χ1n) is 4.57. The second-order valence-corrected chi connectivity index (χ2v) is 5.43. The Morgan fingerprint density at radius 3 is 2.29 bits per heavy atom. The molecule has 1 fully saturated rings. The lowest BCUT2D eigenvalue weighted by Gasteiger charge is -2.05. The van der Waals surface area contributed by atoms with E-state index in [0.29, 0.717) is 0 Å². The van der Waals surface area contributed by atoms with Gasteiger partial charge in [-0.25, -0.2) is 0 Å². The fourth-order valence-electron chi connectivity index (χ4n) is 2.00. The molecule has 0 saturated heterocycles. The summed E-state index contributed by atoms with van der Waals surface area (Å²) in [5.74, 6) is 0.0320. The Balaban J connectivity index is 2.32.